The Hall–Kier alpha value is -3.22. The Morgan fingerprint density at radius 3 is 2.43 bits per heavy atom. The quantitative estimate of drug-likeness (QED) is 0.676. The molecule has 2 N–H and O–H groups in total. The number of anilines is 1. The van der Waals surface area contributed by atoms with Gasteiger partial charge in [-0.05, 0) is 61.2 Å². The van der Waals surface area contributed by atoms with E-state index in [0.29, 0.717) is 24.1 Å². The highest BCUT2D eigenvalue weighted by Gasteiger charge is 2.52. The number of hydrogen-bond donors (Lipinski definition) is 2. The van der Waals surface area contributed by atoms with Crippen LogP contribution in [0.25, 0.3) is 0 Å². The first-order valence-corrected chi connectivity index (χ1v) is 10.0. The number of carbonyl (C=O) groups is 3. The normalized spacial score (nSPS) is 18.5. The summed E-state index contributed by atoms with van der Waals surface area (Å²) in [6.07, 6.45) is 1.88. The largest absolute Gasteiger partial charge is 0.325 e. The van der Waals surface area contributed by atoms with E-state index >= 15 is 0 Å². The number of imide groups is 1. The van der Waals surface area contributed by atoms with E-state index in [9.17, 15) is 18.8 Å². The van der Waals surface area contributed by atoms with E-state index in [-0.39, 0.29) is 0 Å². The van der Waals surface area contributed by atoms with Crippen LogP contribution >= 0.6 is 0 Å². The molecule has 1 fully saturated rings. The van der Waals surface area contributed by atoms with Gasteiger partial charge >= 0.3 is 6.03 Å². The molecule has 158 valence electrons. The zero-order valence-corrected chi connectivity index (χ0v) is 17.4. The maximum absolute atomic E-state index is 13.4. The number of benzene rings is 2. The standard InChI is InChI=1S/C23H26FN3O3/c1-4-5-12-23(17-7-9-18(24)10-8-17)21(29)27(22(30)26-23)14-20(28)25-19-11-6-15(2)16(3)13-19/h6-11,13H,4-5,12,14H2,1-3H3,(H,25,28)(H,26,30)/t23-/m1/s1. The van der Waals surface area contributed by atoms with Crippen molar-refractivity contribution in [2.75, 3.05) is 11.9 Å². The molecule has 1 saturated heterocycles. The van der Waals surface area contributed by atoms with Crippen molar-refractivity contribution in [3.8, 4) is 0 Å². The summed E-state index contributed by atoms with van der Waals surface area (Å²) in [5, 5.41) is 5.49. The Bertz CT molecular complexity index is 974. The first kappa shape index (κ1) is 21.5. The maximum Gasteiger partial charge on any atom is 0.325 e. The van der Waals surface area contributed by atoms with Crippen LogP contribution in [-0.4, -0.2) is 29.3 Å². The Kier molecular flexibility index (Phi) is 6.20. The molecule has 1 aliphatic rings. The van der Waals surface area contributed by atoms with Crippen LogP contribution in [0.1, 0.15) is 42.9 Å². The number of unbranched alkanes of at least 4 members (excludes halogenated alkanes) is 1. The average molecular weight is 411 g/mol. The van der Waals surface area contributed by atoms with Crippen LogP contribution in [0.4, 0.5) is 14.9 Å². The lowest BCUT2D eigenvalue weighted by Crippen LogP contribution is -2.44. The second-order valence-electron chi connectivity index (χ2n) is 7.68. The fourth-order valence-corrected chi connectivity index (χ4v) is 3.62. The number of aryl methyl sites for hydroxylation is 2. The monoisotopic (exact) mass is 411 g/mol. The van der Waals surface area contributed by atoms with Gasteiger partial charge in [0.1, 0.15) is 17.9 Å². The number of carbonyl (C=O) groups excluding carboxylic acids is 3. The number of hydrogen-bond acceptors (Lipinski definition) is 3. The maximum atomic E-state index is 13.4. The van der Waals surface area contributed by atoms with Gasteiger partial charge in [0.15, 0.2) is 0 Å². The molecule has 30 heavy (non-hydrogen) atoms. The molecule has 0 spiro atoms. The summed E-state index contributed by atoms with van der Waals surface area (Å²) >= 11 is 0. The molecule has 1 atom stereocenters. The van der Waals surface area contributed by atoms with Crippen LogP contribution in [0.3, 0.4) is 0 Å². The number of nitrogens with one attached hydrogen (secondary N) is 2. The van der Waals surface area contributed by atoms with E-state index in [1.807, 2.05) is 32.9 Å². The molecular formula is C23H26FN3O3. The SMILES string of the molecule is CCCC[C@]1(c2ccc(F)cc2)NC(=O)N(CC(=O)Nc2ccc(C)c(C)c2)C1=O. The minimum absolute atomic E-state index is 0.370. The van der Waals surface area contributed by atoms with Crippen LogP contribution in [0.15, 0.2) is 42.5 Å². The fraction of sp³-hybridized carbons (Fsp3) is 0.348. The highest BCUT2D eigenvalue weighted by molar-refractivity contribution is 6.10. The smallest absolute Gasteiger partial charge is 0.325 e. The predicted octanol–water partition coefficient (Wildman–Crippen LogP) is 4.02. The molecule has 0 radical (unpaired) electrons. The van der Waals surface area contributed by atoms with Gasteiger partial charge in [0.05, 0.1) is 0 Å². The van der Waals surface area contributed by atoms with Crippen molar-refractivity contribution in [1.29, 1.82) is 0 Å². The predicted molar refractivity (Wildman–Crippen MR) is 112 cm³/mol. The van der Waals surface area contributed by atoms with Crippen LogP contribution in [-0.2, 0) is 15.1 Å². The van der Waals surface area contributed by atoms with Crippen molar-refractivity contribution in [1.82, 2.24) is 10.2 Å². The van der Waals surface area contributed by atoms with Crippen molar-refractivity contribution in [2.45, 2.75) is 45.6 Å². The number of urea groups is 1. The molecule has 7 heteroatoms. The van der Waals surface area contributed by atoms with Crippen molar-refractivity contribution >= 4 is 23.5 Å². The van der Waals surface area contributed by atoms with E-state index in [1.54, 1.807) is 6.07 Å². The van der Waals surface area contributed by atoms with Crippen LogP contribution in [0.2, 0.25) is 0 Å². The molecule has 0 aliphatic carbocycles. The highest BCUT2D eigenvalue weighted by Crippen LogP contribution is 2.34. The van der Waals surface area contributed by atoms with Crippen molar-refractivity contribution in [3.63, 3.8) is 0 Å². The summed E-state index contributed by atoms with van der Waals surface area (Å²) in [5.41, 5.74) is 1.94. The van der Waals surface area contributed by atoms with E-state index in [4.69, 9.17) is 0 Å². The molecule has 1 aliphatic heterocycles. The molecule has 2 aromatic carbocycles. The van der Waals surface area contributed by atoms with Crippen molar-refractivity contribution in [3.05, 3.63) is 65.0 Å². The Labute approximate surface area is 175 Å². The van der Waals surface area contributed by atoms with Crippen molar-refractivity contribution in [2.24, 2.45) is 0 Å². The number of nitrogens with zero attached hydrogens (tertiary/aromatic N) is 1. The Balaban J connectivity index is 1.81. The van der Waals surface area contributed by atoms with E-state index in [1.165, 1.54) is 24.3 Å². The first-order chi connectivity index (χ1) is 14.3. The zero-order valence-electron chi connectivity index (χ0n) is 17.4. The lowest BCUT2D eigenvalue weighted by atomic mass is 9.85. The lowest BCUT2D eigenvalue weighted by molar-refractivity contribution is -0.134. The van der Waals surface area contributed by atoms with Gasteiger partial charge in [-0.15, -0.1) is 0 Å². The number of rotatable bonds is 7. The molecule has 6 nitrogen and oxygen atoms in total. The van der Waals surface area contributed by atoms with E-state index < -0.39 is 35.7 Å². The molecule has 0 bridgehead atoms. The third-order valence-electron chi connectivity index (χ3n) is 5.51. The van der Waals surface area contributed by atoms with Gasteiger partial charge in [-0.1, -0.05) is 38.0 Å². The molecular weight excluding hydrogens is 385 g/mol. The van der Waals surface area contributed by atoms with Crippen molar-refractivity contribution < 1.29 is 18.8 Å². The summed E-state index contributed by atoms with van der Waals surface area (Å²) < 4.78 is 13.4. The molecule has 4 amide bonds. The van der Waals surface area contributed by atoms with Gasteiger partial charge in [-0.25, -0.2) is 9.18 Å². The Morgan fingerprint density at radius 1 is 1.10 bits per heavy atom. The van der Waals surface area contributed by atoms with Gasteiger partial charge in [0.2, 0.25) is 5.91 Å². The summed E-state index contributed by atoms with van der Waals surface area (Å²) in [7, 11) is 0. The topological polar surface area (TPSA) is 78.5 Å². The fourth-order valence-electron chi connectivity index (χ4n) is 3.62. The summed E-state index contributed by atoms with van der Waals surface area (Å²) in [6.45, 7) is 5.49. The van der Waals surface area contributed by atoms with Gasteiger partial charge in [-0.2, -0.15) is 0 Å². The third-order valence-corrected chi connectivity index (χ3v) is 5.51. The molecule has 0 saturated carbocycles. The summed E-state index contributed by atoms with van der Waals surface area (Å²) in [4.78, 5) is 39.4. The average Bonchev–Trinajstić information content (AvgIpc) is 2.95. The molecule has 2 aromatic rings. The van der Waals surface area contributed by atoms with Gasteiger partial charge in [0, 0.05) is 5.69 Å². The molecule has 0 aromatic heterocycles. The Morgan fingerprint density at radius 2 is 1.80 bits per heavy atom. The lowest BCUT2D eigenvalue weighted by Gasteiger charge is -2.27. The highest BCUT2D eigenvalue weighted by atomic mass is 19.1. The number of halogens is 1. The van der Waals surface area contributed by atoms with Crippen LogP contribution in [0.5, 0.6) is 0 Å². The van der Waals surface area contributed by atoms with E-state index in [0.717, 1.165) is 22.4 Å². The van der Waals surface area contributed by atoms with Gasteiger partial charge in [-0.3, -0.25) is 14.5 Å². The molecule has 0 unspecified atom stereocenters. The second kappa shape index (κ2) is 8.65. The summed E-state index contributed by atoms with van der Waals surface area (Å²) in [6, 6.07) is 10.4. The van der Waals surface area contributed by atoms with Crippen LogP contribution < -0.4 is 10.6 Å². The number of amides is 4. The first-order valence-electron chi connectivity index (χ1n) is 10.0. The van der Waals surface area contributed by atoms with Gasteiger partial charge in [0.25, 0.3) is 5.91 Å². The minimum atomic E-state index is -1.29. The summed E-state index contributed by atoms with van der Waals surface area (Å²) in [5.74, 6) is -1.39. The molecule has 1 heterocycles. The van der Waals surface area contributed by atoms with Crippen LogP contribution in [0, 0.1) is 19.7 Å². The minimum Gasteiger partial charge on any atom is -0.325 e. The third kappa shape index (κ3) is 4.20. The second-order valence-corrected chi connectivity index (χ2v) is 7.68. The van der Waals surface area contributed by atoms with E-state index in [2.05, 4.69) is 10.6 Å². The molecule has 3 rings (SSSR count). The van der Waals surface area contributed by atoms with Gasteiger partial charge < -0.3 is 10.6 Å². The zero-order chi connectivity index (χ0) is 21.9.